The molecule has 2 aromatic rings. The molecule has 0 aliphatic carbocycles. The lowest BCUT2D eigenvalue weighted by Gasteiger charge is -2.33. The summed E-state index contributed by atoms with van der Waals surface area (Å²) in [6.07, 6.45) is 0.625. The lowest BCUT2D eigenvalue weighted by Crippen LogP contribution is -2.46. The van der Waals surface area contributed by atoms with Gasteiger partial charge < -0.3 is 19.3 Å². The number of piperazine rings is 1. The first-order valence-electron chi connectivity index (χ1n) is 10.2. The Balaban J connectivity index is 1.37. The Kier molecular flexibility index (Phi) is 6.59. The molecule has 0 radical (unpaired) electrons. The minimum atomic E-state index is -0.180. The second-order valence-electron chi connectivity index (χ2n) is 7.59. The Hall–Kier alpha value is -2.51. The molecule has 1 saturated heterocycles. The van der Waals surface area contributed by atoms with E-state index in [-0.39, 0.29) is 11.2 Å². The number of methoxy groups -OCH3 is 1. The molecule has 0 saturated carbocycles. The zero-order valence-electron chi connectivity index (χ0n) is 17.4. The zero-order chi connectivity index (χ0) is 20.9. The lowest BCUT2D eigenvalue weighted by molar-refractivity contribution is -0.117. The maximum atomic E-state index is 12.5. The molecule has 1 unspecified atom stereocenters. The van der Waals surface area contributed by atoms with Gasteiger partial charge in [-0.2, -0.15) is 4.99 Å². The molecule has 7 heteroatoms. The van der Waals surface area contributed by atoms with Crippen molar-refractivity contribution in [3.63, 3.8) is 0 Å². The van der Waals surface area contributed by atoms with Crippen LogP contribution in [0.4, 0.5) is 0 Å². The standard InChI is InChI=1S/C23H27N3O3S/c1-25-10-12-26(13-11-25)23-24-22(27)21(30-23)15-18-8-9-19(20(14-18)28-2)29-16-17-6-4-3-5-7-17/h3-9,14,21H,10-13,15-16H2,1-2H3. The third-order valence-corrected chi connectivity index (χ3v) is 6.60. The third-order valence-electron chi connectivity index (χ3n) is 5.39. The molecule has 158 valence electrons. The van der Waals surface area contributed by atoms with Crippen molar-refractivity contribution in [3.8, 4) is 11.5 Å². The second kappa shape index (κ2) is 9.53. The lowest BCUT2D eigenvalue weighted by atomic mass is 10.1. The van der Waals surface area contributed by atoms with Gasteiger partial charge in [0.05, 0.1) is 12.4 Å². The van der Waals surface area contributed by atoms with E-state index < -0.39 is 0 Å². The zero-order valence-corrected chi connectivity index (χ0v) is 18.2. The van der Waals surface area contributed by atoms with Gasteiger partial charge in [0.15, 0.2) is 16.7 Å². The van der Waals surface area contributed by atoms with Gasteiger partial charge in [0.25, 0.3) is 5.91 Å². The summed E-state index contributed by atoms with van der Waals surface area (Å²) < 4.78 is 11.5. The molecule has 0 N–H and O–H groups in total. The molecular weight excluding hydrogens is 398 g/mol. The quantitative estimate of drug-likeness (QED) is 0.709. The van der Waals surface area contributed by atoms with Crippen molar-refractivity contribution in [2.75, 3.05) is 40.3 Å². The maximum absolute atomic E-state index is 12.5. The first kappa shape index (κ1) is 20.8. The number of aliphatic imine (C=N–C) groups is 1. The van der Waals surface area contributed by atoms with E-state index in [0.29, 0.717) is 24.5 Å². The molecule has 2 aromatic carbocycles. The molecule has 2 aliphatic heterocycles. The predicted molar refractivity (Wildman–Crippen MR) is 120 cm³/mol. The monoisotopic (exact) mass is 425 g/mol. The van der Waals surface area contributed by atoms with Crippen LogP contribution in [0.15, 0.2) is 53.5 Å². The molecule has 1 atom stereocenters. The Morgan fingerprint density at radius 1 is 1.03 bits per heavy atom. The Morgan fingerprint density at radius 3 is 2.53 bits per heavy atom. The smallest absolute Gasteiger partial charge is 0.262 e. The summed E-state index contributed by atoms with van der Waals surface area (Å²) in [6.45, 7) is 4.32. The van der Waals surface area contributed by atoms with Gasteiger partial charge in [-0.25, -0.2) is 0 Å². The first-order valence-corrected chi connectivity index (χ1v) is 11.1. The van der Waals surface area contributed by atoms with Gasteiger partial charge in [-0.3, -0.25) is 4.79 Å². The van der Waals surface area contributed by atoms with Crippen LogP contribution in [-0.2, 0) is 17.8 Å². The fourth-order valence-corrected chi connectivity index (χ4v) is 4.71. The Bertz CT molecular complexity index is 911. The van der Waals surface area contributed by atoms with Gasteiger partial charge in [0.2, 0.25) is 0 Å². The van der Waals surface area contributed by atoms with Crippen LogP contribution >= 0.6 is 11.8 Å². The van der Waals surface area contributed by atoms with Crippen LogP contribution in [0.1, 0.15) is 11.1 Å². The number of rotatable bonds is 6. The van der Waals surface area contributed by atoms with Crippen LogP contribution in [0, 0.1) is 0 Å². The Morgan fingerprint density at radius 2 is 1.80 bits per heavy atom. The second-order valence-corrected chi connectivity index (χ2v) is 8.76. The molecule has 0 spiro atoms. The van der Waals surface area contributed by atoms with E-state index in [1.165, 1.54) is 0 Å². The van der Waals surface area contributed by atoms with E-state index in [9.17, 15) is 4.79 Å². The highest BCUT2D eigenvalue weighted by atomic mass is 32.2. The van der Waals surface area contributed by atoms with Gasteiger partial charge in [0, 0.05) is 26.2 Å². The number of ether oxygens (including phenoxy) is 2. The van der Waals surface area contributed by atoms with E-state index in [4.69, 9.17) is 9.47 Å². The number of amides is 1. The van der Waals surface area contributed by atoms with E-state index in [0.717, 1.165) is 42.5 Å². The van der Waals surface area contributed by atoms with Crippen molar-refractivity contribution in [1.82, 2.24) is 9.80 Å². The van der Waals surface area contributed by atoms with Gasteiger partial charge in [-0.1, -0.05) is 48.2 Å². The van der Waals surface area contributed by atoms with Crippen LogP contribution in [-0.4, -0.2) is 66.5 Å². The number of carbonyl (C=O) groups excluding carboxylic acids is 1. The minimum absolute atomic E-state index is 0.0442. The molecule has 4 rings (SSSR count). The van der Waals surface area contributed by atoms with Gasteiger partial charge in [0.1, 0.15) is 6.61 Å². The number of carbonyl (C=O) groups is 1. The van der Waals surface area contributed by atoms with Crippen LogP contribution in [0.25, 0.3) is 0 Å². The van der Waals surface area contributed by atoms with Crippen LogP contribution in [0.5, 0.6) is 11.5 Å². The number of hydrogen-bond acceptors (Lipinski definition) is 6. The summed E-state index contributed by atoms with van der Waals surface area (Å²) in [7, 11) is 3.76. The topological polar surface area (TPSA) is 54.4 Å². The number of nitrogens with zero attached hydrogens (tertiary/aromatic N) is 3. The molecule has 0 bridgehead atoms. The van der Waals surface area contributed by atoms with Crippen molar-refractivity contribution in [1.29, 1.82) is 0 Å². The molecule has 1 amide bonds. The average molecular weight is 426 g/mol. The summed E-state index contributed by atoms with van der Waals surface area (Å²) in [5, 5.41) is 0.688. The molecule has 6 nitrogen and oxygen atoms in total. The van der Waals surface area contributed by atoms with E-state index in [1.54, 1.807) is 18.9 Å². The largest absolute Gasteiger partial charge is 0.493 e. The fraction of sp³-hybridized carbons (Fsp3) is 0.391. The number of thioether (sulfide) groups is 1. The summed E-state index contributed by atoms with van der Waals surface area (Å²) in [5.41, 5.74) is 2.14. The third kappa shape index (κ3) is 4.96. The molecule has 2 heterocycles. The van der Waals surface area contributed by atoms with Crippen molar-refractivity contribution in [2.24, 2.45) is 4.99 Å². The normalized spacial score (nSPS) is 19.7. The maximum Gasteiger partial charge on any atom is 0.262 e. The van der Waals surface area contributed by atoms with Gasteiger partial charge in [-0.05, 0) is 36.7 Å². The highest BCUT2D eigenvalue weighted by Gasteiger charge is 2.32. The van der Waals surface area contributed by atoms with Gasteiger partial charge in [-0.15, -0.1) is 0 Å². The Labute approximate surface area is 181 Å². The summed E-state index contributed by atoms with van der Waals surface area (Å²) >= 11 is 1.58. The van der Waals surface area contributed by atoms with Crippen LogP contribution in [0.2, 0.25) is 0 Å². The van der Waals surface area contributed by atoms with Crippen molar-refractivity contribution in [3.05, 3.63) is 59.7 Å². The highest BCUT2D eigenvalue weighted by molar-refractivity contribution is 8.15. The van der Waals surface area contributed by atoms with Crippen LogP contribution < -0.4 is 9.47 Å². The van der Waals surface area contributed by atoms with Gasteiger partial charge >= 0.3 is 0 Å². The average Bonchev–Trinajstić information content (AvgIpc) is 3.14. The molecular formula is C23H27N3O3S. The SMILES string of the molecule is COc1cc(CC2SC(N3CCN(C)CC3)=NC2=O)ccc1OCc1ccccc1. The van der Waals surface area contributed by atoms with Crippen molar-refractivity contribution >= 4 is 22.8 Å². The summed E-state index contributed by atoms with van der Waals surface area (Å²) in [6, 6.07) is 15.9. The number of hydrogen-bond donors (Lipinski definition) is 0. The van der Waals surface area contributed by atoms with Crippen molar-refractivity contribution in [2.45, 2.75) is 18.3 Å². The fourth-order valence-electron chi connectivity index (χ4n) is 3.55. The van der Waals surface area contributed by atoms with Crippen molar-refractivity contribution < 1.29 is 14.3 Å². The predicted octanol–water partition coefficient (Wildman–Crippen LogP) is 3.06. The molecule has 0 aromatic heterocycles. The van der Waals surface area contributed by atoms with E-state index in [2.05, 4.69) is 21.8 Å². The molecule has 2 aliphatic rings. The highest BCUT2D eigenvalue weighted by Crippen LogP contribution is 2.32. The van der Waals surface area contributed by atoms with E-state index >= 15 is 0 Å². The van der Waals surface area contributed by atoms with E-state index in [1.807, 2.05) is 48.5 Å². The number of likely N-dealkylation sites (N-methyl/N-ethyl adjacent to an activating group) is 1. The molecule has 1 fully saturated rings. The first-order chi connectivity index (χ1) is 14.6. The minimum Gasteiger partial charge on any atom is -0.493 e. The van der Waals surface area contributed by atoms with Crippen LogP contribution in [0.3, 0.4) is 0 Å². The summed E-state index contributed by atoms with van der Waals surface area (Å²) in [5.74, 6) is 1.33. The summed E-state index contributed by atoms with van der Waals surface area (Å²) in [4.78, 5) is 21.3. The molecule has 30 heavy (non-hydrogen) atoms. The number of amidine groups is 1. The number of benzene rings is 2.